The first kappa shape index (κ1) is 10.7. The lowest BCUT2D eigenvalue weighted by Gasteiger charge is -2.00. The molecular weight excluding hydrogens is 275 g/mol. The minimum absolute atomic E-state index is 0.763. The van der Waals surface area contributed by atoms with E-state index in [9.17, 15) is 0 Å². The molecule has 0 spiro atoms. The highest BCUT2D eigenvalue weighted by atomic mass is 79.9. The molecule has 1 heterocycles. The first-order valence-electron chi connectivity index (χ1n) is 4.57. The maximum Gasteiger partial charge on any atom is 0.108 e. The summed E-state index contributed by atoms with van der Waals surface area (Å²) in [5, 5.41) is 0.763. The molecule has 0 amide bonds. The second kappa shape index (κ2) is 4.37. The van der Waals surface area contributed by atoms with Crippen molar-refractivity contribution < 1.29 is 0 Å². The molecule has 0 aliphatic heterocycles. The van der Waals surface area contributed by atoms with E-state index in [1.165, 1.54) is 5.56 Å². The van der Waals surface area contributed by atoms with Gasteiger partial charge in [0, 0.05) is 18.5 Å². The molecule has 0 aliphatic rings. The molecule has 0 saturated heterocycles. The fourth-order valence-corrected chi connectivity index (χ4v) is 1.84. The topological polar surface area (TPSA) is 17.8 Å². The Kier molecular flexibility index (Phi) is 3.12. The van der Waals surface area contributed by atoms with E-state index >= 15 is 0 Å². The zero-order valence-electron chi connectivity index (χ0n) is 8.24. The molecule has 0 saturated carbocycles. The maximum absolute atomic E-state index is 5.82. The van der Waals surface area contributed by atoms with Gasteiger partial charge in [-0.1, -0.05) is 23.7 Å². The van der Waals surface area contributed by atoms with Gasteiger partial charge in [0.1, 0.15) is 4.60 Å². The van der Waals surface area contributed by atoms with E-state index in [1.807, 2.05) is 35.9 Å². The van der Waals surface area contributed by atoms with Crippen LogP contribution in [0.25, 0.3) is 0 Å². The van der Waals surface area contributed by atoms with Gasteiger partial charge < -0.3 is 4.57 Å². The highest BCUT2D eigenvalue weighted by molar-refractivity contribution is 9.10. The third kappa shape index (κ3) is 2.41. The second-order valence-corrected chi connectivity index (χ2v) is 4.58. The number of aromatic nitrogens is 2. The largest absolute Gasteiger partial charge is 0.328 e. The standard InChI is InChI=1S/C11H10BrClN2/c1-15-7-14-10(11(15)12)6-8-2-4-9(13)5-3-8/h2-5,7H,6H2,1H3. The van der Waals surface area contributed by atoms with Crippen molar-refractivity contribution in [3.05, 3.63) is 51.5 Å². The lowest BCUT2D eigenvalue weighted by atomic mass is 10.1. The third-order valence-corrected chi connectivity index (χ3v) is 3.49. The Morgan fingerprint density at radius 2 is 2.00 bits per heavy atom. The third-order valence-electron chi connectivity index (χ3n) is 2.22. The summed E-state index contributed by atoms with van der Waals surface area (Å²) in [5.41, 5.74) is 2.25. The van der Waals surface area contributed by atoms with E-state index in [0.717, 1.165) is 21.7 Å². The number of nitrogens with zero attached hydrogens (tertiary/aromatic N) is 2. The number of hydrogen-bond donors (Lipinski definition) is 0. The molecule has 0 aliphatic carbocycles. The Morgan fingerprint density at radius 3 is 2.53 bits per heavy atom. The van der Waals surface area contributed by atoms with Crippen LogP contribution in [0, 0.1) is 0 Å². The number of benzene rings is 1. The zero-order valence-corrected chi connectivity index (χ0v) is 10.6. The van der Waals surface area contributed by atoms with Gasteiger partial charge in [-0.15, -0.1) is 0 Å². The molecule has 0 N–H and O–H groups in total. The summed E-state index contributed by atoms with van der Waals surface area (Å²) in [7, 11) is 1.96. The van der Waals surface area contributed by atoms with Crippen LogP contribution >= 0.6 is 27.5 Å². The maximum atomic E-state index is 5.82. The molecule has 1 aromatic heterocycles. The van der Waals surface area contributed by atoms with Gasteiger partial charge in [0.25, 0.3) is 0 Å². The van der Waals surface area contributed by atoms with Crippen molar-refractivity contribution in [2.75, 3.05) is 0 Å². The summed E-state index contributed by atoms with van der Waals surface area (Å²) in [6, 6.07) is 7.83. The molecule has 2 nitrogen and oxygen atoms in total. The highest BCUT2D eigenvalue weighted by Gasteiger charge is 2.06. The summed E-state index contributed by atoms with van der Waals surface area (Å²) in [4.78, 5) is 4.32. The van der Waals surface area contributed by atoms with E-state index in [0.29, 0.717) is 0 Å². The number of rotatable bonds is 2. The van der Waals surface area contributed by atoms with Crippen molar-refractivity contribution >= 4 is 27.5 Å². The summed E-state index contributed by atoms with van der Waals surface area (Å²) < 4.78 is 2.98. The SMILES string of the molecule is Cn1cnc(Cc2ccc(Cl)cc2)c1Br. The van der Waals surface area contributed by atoms with Gasteiger partial charge in [-0.2, -0.15) is 0 Å². The predicted molar refractivity (Wildman–Crippen MR) is 65.2 cm³/mol. The Labute approximate surface area is 102 Å². The molecule has 15 heavy (non-hydrogen) atoms. The van der Waals surface area contributed by atoms with Gasteiger partial charge in [-0.05, 0) is 33.6 Å². The molecule has 78 valence electrons. The van der Waals surface area contributed by atoms with E-state index in [1.54, 1.807) is 6.33 Å². The Morgan fingerprint density at radius 1 is 1.33 bits per heavy atom. The first-order valence-corrected chi connectivity index (χ1v) is 5.74. The average molecular weight is 286 g/mol. The first-order chi connectivity index (χ1) is 7.16. The molecule has 0 bridgehead atoms. The number of imidazole rings is 1. The van der Waals surface area contributed by atoms with Crippen molar-refractivity contribution in [3.63, 3.8) is 0 Å². The van der Waals surface area contributed by atoms with Crippen molar-refractivity contribution in [3.8, 4) is 0 Å². The summed E-state index contributed by atoms with van der Waals surface area (Å²) in [5.74, 6) is 0. The second-order valence-electron chi connectivity index (χ2n) is 3.40. The molecule has 0 unspecified atom stereocenters. The average Bonchev–Trinajstić information content (AvgIpc) is 2.53. The van der Waals surface area contributed by atoms with Crippen molar-refractivity contribution in [2.45, 2.75) is 6.42 Å². The van der Waals surface area contributed by atoms with Crippen LogP contribution < -0.4 is 0 Å². The van der Waals surface area contributed by atoms with Crippen molar-refractivity contribution in [2.24, 2.45) is 7.05 Å². The molecule has 2 rings (SSSR count). The van der Waals surface area contributed by atoms with Gasteiger partial charge >= 0.3 is 0 Å². The lowest BCUT2D eigenvalue weighted by Crippen LogP contribution is -1.90. The van der Waals surface area contributed by atoms with E-state index in [-0.39, 0.29) is 0 Å². The quantitative estimate of drug-likeness (QED) is 0.826. The van der Waals surface area contributed by atoms with Crippen LogP contribution in [0.3, 0.4) is 0 Å². The molecule has 0 fully saturated rings. The molecule has 1 aromatic carbocycles. The van der Waals surface area contributed by atoms with E-state index in [4.69, 9.17) is 11.6 Å². The van der Waals surface area contributed by atoms with Crippen LogP contribution in [-0.4, -0.2) is 9.55 Å². The monoisotopic (exact) mass is 284 g/mol. The highest BCUT2D eigenvalue weighted by Crippen LogP contribution is 2.19. The smallest absolute Gasteiger partial charge is 0.108 e. The normalized spacial score (nSPS) is 10.6. The minimum Gasteiger partial charge on any atom is -0.328 e. The van der Waals surface area contributed by atoms with Gasteiger partial charge in [-0.3, -0.25) is 0 Å². The molecule has 2 aromatic rings. The molecular formula is C11H10BrClN2. The Bertz CT molecular complexity index is 462. The molecule has 0 atom stereocenters. The minimum atomic E-state index is 0.763. The van der Waals surface area contributed by atoms with Gasteiger partial charge in [0.2, 0.25) is 0 Å². The van der Waals surface area contributed by atoms with Crippen molar-refractivity contribution in [1.82, 2.24) is 9.55 Å². The van der Waals surface area contributed by atoms with E-state index < -0.39 is 0 Å². The summed E-state index contributed by atoms with van der Waals surface area (Å²) >= 11 is 9.32. The van der Waals surface area contributed by atoms with Gasteiger partial charge in [0.15, 0.2) is 0 Å². The number of hydrogen-bond acceptors (Lipinski definition) is 1. The zero-order chi connectivity index (χ0) is 10.8. The Balaban J connectivity index is 2.22. The fourth-order valence-electron chi connectivity index (χ4n) is 1.38. The Hall–Kier alpha value is -0.800. The van der Waals surface area contributed by atoms with Crippen LogP contribution in [0.4, 0.5) is 0 Å². The molecule has 0 radical (unpaired) electrons. The summed E-state index contributed by atoms with van der Waals surface area (Å²) in [6.07, 6.45) is 2.62. The van der Waals surface area contributed by atoms with Crippen molar-refractivity contribution in [1.29, 1.82) is 0 Å². The van der Waals surface area contributed by atoms with Gasteiger partial charge in [0.05, 0.1) is 12.0 Å². The summed E-state index contributed by atoms with van der Waals surface area (Å²) in [6.45, 7) is 0. The predicted octanol–water partition coefficient (Wildman–Crippen LogP) is 3.43. The lowest BCUT2D eigenvalue weighted by molar-refractivity contribution is 0.887. The van der Waals surface area contributed by atoms with Gasteiger partial charge in [-0.25, -0.2) is 4.98 Å². The fraction of sp³-hybridized carbons (Fsp3) is 0.182. The van der Waals surface area contributed by atoms with Crippen LogP contribution in [0.2, 0.25) is 5.02 Å². The number of halogens is 2. The van der Waals surface area contributed by atoms with Crippen LogP contribution in [-0.2, 0) is 13.5 Å². The van der Waals surface area contributed by atoms with E-state index in [2.05, 4.69) is 20.9 Å². The van der Waals surface area contributed by atoms with Crippen LogP contribution in [0.1, 0.15) is 11.3 Å². The molecule has 4 heteroatoms. The van der Waals surface area contributed by atoms with Crippen LogP contribution in [0.15, 0.2) is 35.2 Å². The van der Waals surface area contributed by atoms with Crippen LogP contribution in [0.5, 0.6) is 0 Å². The number of aryl methyl sites for hydroxylation is 1.